The number of hydrogen-bond acceptors (Lipinski definition) is 3. The highest BCUT2D eigenvalue weighted by Gasteiger charge is 2.14. The summed E-state index contributed by atoms with van der Waals surface area (Å²) in [6.45, 7) is 3.54. The van der Waals surface area contributed by atoms with Gasteiger partial charge in [-0.1, -0.05) is 0 Å². The average molecular weight is 246 g/mol. The largest absolute Gasteiger partial charge is 0.374 e. The molecule has 1 atom stereocenters. The van der Waals surface area contributed by atoms with Gasteiger partial charge in [-0.25, -0.2) is 4.98 Å². The molecule has 0 saturated carbocycles. The SMILES string of the molecule is Brc1nccn1CC1CNCCO1. The van der Waals surface area contributed by atoms with Gasteiger partial charge >= 0.3 is 0 Å². The third kappa shape index (κ3) is 2.30. The second-order valence-electron chi connectivity index (χ2n) is 3.05. The van der Waals surface area contributed by atoms with E-state index in [9.17, 15) is 0 Å². The monoisotopic (exact) mass is 245 g/mol. The van der Waals surface area contributed by atoms with E-state index in [0.29, 0.717) is 0 Å². The van der Waals surface area contributed by atoms with Gasteiger partial charge in [0.2, 0.25) is 0 Å². The summed E-state index contributed by atoms with van der Waals surface area (Å²) < 4.78 is 8.48. The molecule has 5 heteroatoms. The molecule has 1 aliphatic heterocycles. The number of nitrogens with zero attached hydrogens (tertiary/aromatic N) is 2. The van der Waals surface area contributed by atoms with Gasteiger partial charge in [0.1, 0.15) is 0 Å². The molecule has 2 rings (SSSR count). The fraction of sp³-hybridized carbons (Fsp3) is 0.625. The van der Waals surface area contributed by atoms with E-state index in [2.05, 4.69) is 26.2 Å². The molecule has 1 saturated heterocycles. The molecule has 0 radical (unpaired) electrons. The first-order chi connectivity index (χ1) is 6.36. The number of halogens is 1. The quantitative estimate of drug-likeness (QED) is 0.832. The minimum absolute atomic E-state index is 0.263. The smallest absolute Gasteiger partial charge is 0.177 e. The van der Waals surface area contributed by atoms with Crippen molar-refractivity contribution in [2.45, 2.75) is 12.6 Å². The summed E-state index contributed by atoms with van der Waals surface area (Å²) in [7, 11) is 0. The number of hydrogen-bond donors (Lipinski definition) is 1. The van der Waals surface area contributed by atoms with Crippen molar-refractivity contribution in [3.05, 3.63) is 17.1 Å². The average Bonchev–Trinajstić information content (AvgIpc) is 2.54. The number of rotatable bonds is 2. The number of imidazole rings is 1. The van der Waals surface area contributed by atoms with Crippen molar-refractivity contribution in [2.24, 2.45) is 0 Å². The van der Waals surface area contributed by atoms with Crippen molar-refractivity contribution in [2.75, 3.05) is 19.7 Å². The van der Waals surface area contributed by atoms with Crippen molar-refractivity contribution in [3.8, 4) is 0 Å². The molecule has 0 amide bonds. The Morgan fingerprint density at radius 3 is 3.31 bits per heavy atom. The van der Waals surface area contributed by atoms with Crippen molar-refractivity contribution < 1.29 is 4.74 Å². The lowest BCUT2D eigenvalue weighted by atomic mass is 10.3. The molecule has 0 aromatic carbocycles. The maximum Gasteiger partial charge on any atom is 0.177 e. The Bertz CT molecular complexity index is 270. The molecular formula is C8H12BrN3O. The van der Waals surface area contributed by atoms with Gasteiger partial charge in [0, 0.05) is 25.5 Å². The van der Waals surface area contributed by atoms with Crippen LogP contribution in [0.1, 0.15) is 0 Å². The van der Waals surface area contributed by atoms with E-state index >= 15 is 0 Å². The molecule has 0 bridgehead atoms. The lowest BCUT2D eigenvalue weighted by Crippen LogP contribution is -2.40. The topological polar surface area (TPSA) is 39.1 Å². The minimum atomic E-state index is 0.263. The Labute approximate surface area is 85.4 Å². The van der Waals surface area contributed by atoms with Crippen molar-refractivity contribution in [3.63, 3.8) is 0 Å². The molecule has 13 heavy (non-hydrogen) atoms. The molecule has 1 fully saturated rings. The lowest BCUT2D eigenvalue weighted by Gasteiger charge is -2.23. The second kappa shape index (κ2) is 4.21. The van der Waals surface area contributed by atoms with Crippen LogP contribution in [-0.4, -0.2) is 35.4 Å². The van der Waals surface area contributed by atoms with E-state index in [0.717, 1.165) is 31.0 Å². The molecule has 1 aliphatic rings. The van der Waals surface area contributed by atoms with Gasteiger partial charge in [-0.05, 0) is 15.9 Å². The van der Waals surface area contributed by atoms with Gasteiger partial charge in [0.15, 0.2) is 4.73 Å². The molecule has 1 aromatic rings. The Morgan fingerprint density at radius 2 is 2.69 bits per heavy atom. The Morgan fingerprint density at radius 1 is 1.77 bits per heavy atom. The summed E-state index contributed by atoms with van der Waals surface area (Å²) in [6.07, 6.45) is 3.99. The fourth-order valence-corrected chi connectivity index (χ4v) is 1.78. The van der Waals surface area contributed by atoms with Crippen LogP contribution in [0.5, 0.6) is 0 Å². The van der Waals surface area contributed by atoms with Gasteiger partial charge < -0.3 is 14.6 Å². The third-order valence-electron chi connectivity index (χ3n) is 2.07. The number of morpholine rings is 1. The summed E-state index contributed by atoms with van der Waals surface area (Å²) in [5.74, 6) is 0. The lowest BCUT2D eigenvalue weighted by molar-refractivity contribution is 0.0178. The Balaban J connectivity index is 1.93. The summed E-state index contributed by atoms with van der Waals surface area (Å²) in [5.41, 5.74) is 0. The molecule has 1 aromatic heterocycles. The number of nitrogens with one attached hydrogen (secondary N) is 1. The predicted octanol–water partition coefficient (Wildman–Crippen LogP) is 0.634. The molecular weight excluding hydrogens is 234 g/mol. The molecule has 1 N–H and O–H groups in total. The standard InChI is InChI=1S/C8H12BrN3O/c9-8-11-1-3-12(8)6-7-5-10-2-4-13-7/h1,3,7,10H,2,4-6H2. The highest BCUT2D eigenvalue weighted by Crippen LogP contribution is 2.08. The zero-order valence-corrected chi connectivity index (χ0v) is 8.83. The summed E-state index contributed by atoms with van der Waals surface area (Å²) in [4.78, 5) is 4.09. The maximum atomic E-state index is 5.57. The van der Waals surface area contributed by atoms with Crippen LogP contribution >= 0.6 is 15.9 Å². The summed E-state index contributed by atoms with van der Waals surface area (Å²) in [6, 6.07) is 0. The van der Waals surface area contributed by atoms with Crippen LogP contribution < -0.4 is 5.32 Å². The molecule has 4 nitrogen and oxygen atoms in total. The van der Waals surface area contributed by atoms with Crippen LogP contribution in [0.15, 0.2) is 17.1 Å². The van der Waals surface area contributed by atoms with Crippen LogP contribution in [0.3, 0.4) is 0 Å². The first-order valence-electron chi connectivity index (χ1n) is 4.35. The van der Waals surface area contributed by atoms with Crippen LogP contribution in [-0.2, 0) is 11.3 Å². The zero-order chi connectivity index (χ0) is 9.10. The van der Waals surface area contributed by atoms with E-state index < -0.39 is 0 Å². The summed E-state index contributed by atoms with van der Waals surface area (Å²) >= 11 is 3.37. The van der Waals surface area contributed by atoms with Crippen LogP contribution in [0.4, 0.5) is 0 Å². The molecule has 0 spiro atoms. The normalized spacial score (nSPS) is 23.3. The summed E-state index contributed by atoms with van der Waals surface area (Å²) in [5, 5.41) is 3.29. The first-order valence-corrected chi connectivity index (χ1v) is 5.14. The second-order valence-corrected chi connectivity index (χ2v) is 3.75. The van der Waals surface area contributed by atoms with E-state index in [1.165, 1.54) is 0 Å². The van der Waals surface area contributed by atoms with Crippen molar-refractivity contribution in [1.29, 1.82) is 0 Å². The van der Waals surface area contributed by atoms with E-state index in [-0.39, 0.29) is 6.10 Å². The number of aromatic nitrogens is 2. The minimum Gasteiger partial charge on any atom is -0.374 e. The fourth-order valence-electron chi connectivity index (χ4n) is 1.40. The van der Waals surface area contributed by atoms with E-state index in [1.807, 2.05) is 10.8 Å². The van der Waals surface area contributed by atoms with Gasteiger partial charge in [0.05, 0.1) is 19.3 Å². The number of ether oxygens (including phenoxy) is 1. The van der Waals surface area contributed by atoms with E-state index in [4.69, 9.17) is 4.74 Å². The zero-order valence-electron chi connectivity index (χ0n) is 7.24. The first kappa shape index (κ1) is 9.18. The highest BCUT2D eigenvalue weighted by atomic mass is 79.9. The van der Waals surface area contributed by atoms with E-state index in [1.54, 1.807) is 6.20 Å². The molecule has 2 heterocycles. The van der Waals surface area contributed by atoms with Crippen LogP contribution in [0.2, 0.25) is 0 Å². The molecule has 0 aliphatic carbocycles. The molecule has 1 unspecified atom stereocenters. The highest BCUT2D eigenvalue weighted by molar-refractivity contribution is 9.10. The Hall–Kier alpha value is -0.390. The Kier molecular flexibility index (Phi) is 2.97. The van der Waals surface area contributed by atoms with Crippen LogP contribution in [0.25, 0.3) is 0 Å². The van der Waals surface area contributed by atoms with Crippen LogP contribution in [0, 0.1) is 0 Å². The van der Waals surface area contributed by atoms with Gasteiger partial charge in [0.25, 0.3) is 0 Å². The van der Waals surface area contributed by atoms with Crippen molar-refractivity contribution in [1.82, 2.24) is 14.9 Å². The van der Waals surface area contributed by atoms with Gasteiger partial charge in [-0.3, -0.25) is 0 Å². The third-order valence-corrected chi connectivity index (χ3v) is 2.73. The van der Waals surface area contributed by atoms with Crippen molar-refractivity contribution >= 4 is 15.9 Å². The van der Waals surface area contributed by atoms with Gasteiger partial charge in [-0.15, -0.1) is 0 Å². The predicted molar refractivity (Wildman–Crippen MR) is 52.5 cm³/mol. The molecule has 72 valence electrons. The maximum absolute atomic E-state index is 5.57. The van der Waals surface area contributed by atoms with Gasteiger partial charge in [-0.2, -0.15) is 0 Å².